The Morgan fingerprint density at radius 2 is 2.33 bits per heavy atom. The van der Waals surface area contributed by atoms with E-state index in [2.05, 4.69) is 15.5 Å². The Kier molecular flexibility index (Phi) is 4.98. The lowest BCUT2D eigenvalue weighted by atomic mass is 10.3. The maximum absolute atomic E-state index is 11.7. The van der Waals surface area contributed by atoms with E-state index >= 15 is 0 Å². The number of hydrogen-bond donors (Lipinski definition) is 2. The van der Waals surface area contributed by atoms with Gasteiger partial charge < -0.3 is 15.4 Å². The predicted octanol–water partition coefficient (Wildman–Crippen LogP) is 1.59. The van der Waals surface area contributed by atoms with E-state index in [-0.39, 0.29) is 12.1 Å². The zero-order chi connectivity index (χ0) is 12.8. The van der Waals surface area contributed by atoms with Crippen molar-refractivity contribution >= 4 is 23.1 Å². The van der Waals surface area contributed by atoms with Gasteiger partial charge in [-0.1, -0.05) is 0 Å². The molecule has 2 rings (SSSR count). The minimum Gasteiger partial charge on any atom is -0.379 e. The molecule has 100 valence electrons. The van der Waals surface area contributed by atoms with E-state index in [0.29, 0.717) is 0 Å². The van der Waals surface area contributed by atoms with Crippen LogP contribution < -0.4 is 10.6 Å². The average molecular weight is 269 g/mol. The summed E-state index contributed by atoms with van der Waals surface area (Å²) < 4.78 is 5.29. The third kappa shape index (κ3) is 4.29. The van der Waals surface area contributed by atoms with E-state index in [0.717, 1.165) is 38.5 Å². The summed E-state index contributed by atoms with van der Waals surface area (Å²) in [4.78, 5) is 14.0. The molecular formula is C12H19N3O2S. The number of ether oxygens (including phenoxy) is 1. The third-order valence-corrected chi connectivity index (χ3v) is 3.48. The first-order valence-electron chi connectivity index (χ1n) is 6.14. The Morgan fingerprint density at radius 3 is 3.00 bits per heavy atom. The molecule has 1 aliphatic rings. The molecule has 2 heterocycles. The van der Waals surface area contributed by atoms with Crippen molar-refractivity contribution in [2.75, 3.05) is 38.2 Å². The van der Waals surface area contributed by atoms with Gasteiger partial charge in [-0.05, 0) is 18.4 Å². The highest BCUT2D eigenvalue weighted by Gasteiger charge is 2.15. The Bertz CT molecular complexity index is 363. The quantitative estimate of drug-likeness (QED) is 0.873. The number of anilines is 1. The van der Waals surface area contributed by atoms with Gasteiger partial charge in [-0.3, -0.25) is 4.90 Å². The lowest BCUT2D eigenvalue weighted by molar-refractivity contribution is 0.0350. The van der Waals surface area contributed by atoms with E-state index in [4.69, 9.17) is 4.74 Å². The number of nitrogens with zero attached hydrogens (tertiary/aromatic N) is 1. The molecule has 1 aliphatic heterocycles. The zero-order valence-electron chi connectivity index (χ0n) is 10.5. The highest BCUT2D eigenvalue weighted by atomic mass is 32.1. The van der Waals surface area contributed by atoms with Crippen LogP contribution in [0.15, 0.2) is 16.8 Å². The maximum Gasteiger partial charge on any atom is 0.319 e. The zero-order valence-corrected chi connectivity index (χ0v) is 11.3. The van der Waals surface area contributed by atoms with Gasteiger partial charge in [-0.15, -0.1) is 0 Å². The van der Waals surface area contributed by atoms with Crippen LogP contribution in [0.4, 0.5) is 10.5 Å². The number of nitrogens with one attached hydrogen (secondary N) is 2. The smallest absolute Gasteiger partial charge is 0.319 e. The second-order valence-corrected chi connectivity index (χ2v) is 5.20. The van der Waals surface area contributed by atoms with Gasteiger partial charge in [0.05, 0.1) is 18.9 Å². The van der Waals surface area contributed by atoms with E-state index < -0.39 is 0 Å². The first-order valence-corrected chi connectivity index (χ1v) is 7.08. The van der Waals surface area contributed by atoms with E-state index in [1.807, 2.05) is 23.8 Å². The molecule has 0 saturated carbocycles. The standard InChI is InChI=1S/C12H19N3O2S/c1-10(8-15-3-5-17-6-4-15)13-12(16)14-11-2-7-18-9-11/h2,7,9-10H,3-6,8H2,1H3,(H2,13,14,16). The Hall–Kier alpha value is -1.11. The first kappa shape index (κ1) is 13.3. The molecule has 0 aromatic carbocycles. The summed E-state index contributed by atoms with van der Waals surface area (Å²) in [6.07, 6.45) is 0. The molecule has 1 unspecified atom stereocenters. The number of thiophene rings is 1. The SMILES string of the molecule is CC(CN1CCOCC1)NC(=O)Nc1ccsc1. The number of amides is 2. The summed E-state index contributed by atoms with van der Waals surface area (Å²) in [6.45, 7) is 6.33. The number of hydrogen-bond acceptors (Lipinski definition) is 4. The van der Waals surface area contributed by atoms with Crippen LogP contribution in [0.2, 0.25) is 0 Å². The van der Waals surface area contributed by atoms with Crippen LogP contribution >= 0.6 is 11.3 Å². The maximum atomic E-state index is 11.7. The minimum atomic E-state index is -0.144. The molecule has 5 nitrogen and oxygen atoms in total. The van der Waals surface area contributed by atoms with Crippen molar-refractivity contribution in [3.63, 3.8) is 0 Å². The molecule has 0 bridgehead atoms. The molecule has 0 radical (unpaired) electrons. The number of morpholine rings is 1. The molecule has 1 fully saturated rings. The summed E-state index contributed by atoms with van der Waals surface area (Å²) in [5.41, 5.74) is 0.844. The van der Waals surface area contributed by atoms with Gasteiger partial charge in [0.2, 0.25) is 0 Å². The van der Waals surface area contributed by atoms with Crippen LogP contribution in [0.25, 0.3) is 0 Å². The molecular weight excluding hydrogens is 250 g/mol. The number of urea groups is 1. The predicted molar refractivity (Wildman–Crippen MR) is 73.2 cm³/mol. The second kappa shape index (κ2) is 6.72. The van der Waals surface area contributed by atoms with Crippen LogP contribution in [-0.4, -0.2) is 49.8 Å². The molecule has 1 atom stereocenters. The number of carbonyl (C=O) groups is 1. The molecule has 2 N–H and O–H groups in total. The van der Waals surface area contributed by atoms with Crippen molar-refractivity contribution in [1.29, 1.82) is 0 Å². The van der Waals surface area contributed by atoms with Crippen LogP contribution in [0, 0.1) is 0 Å². The monoisotopic (exact) mass is 269 g/mol. The van der Waals surface area contributed by atoms with E-state index in [1.165, 1.54) is 0 Å². The molecule has 6 heteroatoms. The lowest BCUT2D eigenvalue weighted by Crippen LogP contribution is -2.46. The fourth-order valence-corrected chi connectivity index (χ4v) is 2.53. The van der Waals surface area contributed by atoms with Gasteiger partial charge in [0.25, 0.3) is 0 Å². The van der Waals surface area contributed by atoms with Crippen LogP contribution in [0.3, 0.4) is 0 Å². The van der Waals surface area contributed by atoms with E-state index in [1.54, 1.807) is 11.3 Å². The number of carbonyl (C=O) groups excluding carboxylic acids is 1. The summed E-state index contributed by atoms with van der Waals surface area (Å²) in [6, 6.07) is 1.87. The largest absolute Gasteiger partial charge is 0.379 e. The van der Waals surface area contributed by atoms with Gasteiger partial charge >= 0.3 is 6.03 Å². The molecule has 0 aliphatic carbocycles. The van der Waals surface area contributed by atoms with Crippen molar-refractivity contribution in [1.82, 2.24) is 10.2 Å². The van der Waals surface area contributed by atoms with Gasteiger partial charge in [-0.2, -0.15) is 11.3 Å². The first-order chi connectivity index (χ1) is 8.74. The molecule has 1 saturated heterocycles. The van der Waals surface area contributed by atoms with Crippen LogP contribution in [-0.2, 0) is 4.74 Å². The number of rotatable bonds is 4. The van der Waals surface area contributed by atoms with Gasteiger partial charge in [0, 0.05) is 31.1 Å². The van der Waals surface area contributed by atoms with Crippen LogP contribution in [0.1, 0.15) is 6.92 Å². The average Bonchev–Trinajstić information content (AvgIpc) is 2.82. The summed E-state index contributed by atoms with van der Waals surface area (Å²) in [7, 11) is 0. The normalized spacial score (nSPS) is 18.3. The summed E-state index contributed by atoms with van der Waals surface area (Å²) in [5, 5.41) is 9.59. The molecule has 2 amide bonds. The van der Waals surface area contributed by atoms with Crippen molar-refractivity contribution < 1.29 is 9.53 Å². The Morgan fingerprint density at radius 1 is 1.56 bits per heavy atom. The Balaban J connectivity index is 1.69. The molecule has 18 heavy (non-hydrogen) atoms. The van der Waals surface area contributed by atoms with E-state index in [9.17, 15) is 4.79 Å². The van der Waals surface area contributed by atoms with Gasteiger partial charge in [0.1, 0.15) is 0 Å². The fourth-order valence-electron chi connectivity index (χ4n) is 1.94. The Labute approximate surface area is 111 Å². The molecule has 1 aromatic rings. The summed E-state index contributed by atoms with van der Waals surface area (Å²) in [5.74, 6) is 0. The highest BCUT2D eigenvalue weighted by Crippen LogP contribution is 2.11. The fraction of sp³-hybridized carbons (Fsp3) is 0.583. The highest BCUT2D eigenvalue weighted by molar-refractivity contribution is 7.08. The van der Waals surface area contributed by atoms with Crippen molar-refractivity contribution in [2.45, 2.75) is 13.0 Å². The van der Waals surface area contributed by atoms with Crippen molar-refractivity contribution in [3.8, 4) is 0 Å². The third-order valence-electron chi connectivity index (χ3n) is 2.79. The lowest BCUT2D eigenvalue weighted by Gasteiger charge is -2.29. The van der Waals surface area contributed by atoms with Gasteiger partial charge in [0.15, 0.2) is 0 Å². The van der Waals surface area contributed by atoms with Crippen LogP contribution in [0.5, 0.6) is 0 Å². The van der Waals surface area contributed by atoms with Crippen molar-refractivity contribution in [3.05, 3.63) is 16.8 Å². The van der Waals surface area contributed by atoms with Crippen molar-refractivity contribution in [2.24, 2.45) is 0 Å². The second-order valence-electron chi connectivity index (χ2n) is 4.42. The minimum absolute atomic E-state index is 0.127. The molecule has 0 spiro atoms. The van der Waals surface area contributed by atoms with Gasteiger partial charge in [-0.25, -0.2) is 4.79 Å². The topological polar surface area (TPSA) is 53.6 Å². The molecule has 1 aromatic heterocycles. The summed E-state index contributed by atoms with van der Waals surface area (Å²) >= 11 is 1.56.